The first kappa shape index (κ1) is 16.2. The fourth-order valence-electron chi connectivity index (χ4n) is 1.66. The third-order valence-corrected chi connectivity index (χ3v) is 2.87. The highest BCUT2D eigenvalue weighted by molar-refractivity contribution is 9.10. The highest BCUT2D eigenvalue weighted by atomic mass is 79.9. The molecular weight excluding hydrogens is 320 g/mol. The van der Waals surface area contributed by atoms with Crippen molar-refractivity contribution < 1.29 is 18.3 Å². The predicted octanol–water partition coefficient (Wildman–Crippen LogP) is 3.38. The summed E-state index contributed by atoms with van der Waals surface area (Å²) in [4.78, 5) is 0. The Balaban J connectivity index is 3.00. The van der Waals surface area contributed by atoms with E-state index in [1.807, 2.05) is 19.9 Å². The Labute approximate surface area is 120 Å². The SMILES string of the molecule is CCOc1cc(CC(C)N)cc(Br)c1OCC(F)F. The molecule has 0 heterocycles. The van der Waals surface area contributed by atoms with E-state index < -0.39 is 13.0 Å². The minimum absolute atomic E-state index is 0.00853. The van der Waals surface area contributed by atoms with Gasteiger partial charge in [0.15, 0.2) is 11.5 Å². The van der Waals surface area contributed by atoms with Gasteiger partial charge in [-0.1, -0.05) is 0 Å². The lowest BCUT2D eigenvalue weighted by Gasteiger charge is -2.16. The van der Waals surface area contributed by atoms with Gasteiger partial charge in [0, 0.05) is 6.04 Å². The monoisotopic (exact) mass is 337 g/mol. The molecular formula is C13H18BrF2NO2. The van der Waals surface area contributed by atoms with Crippen molar-refractivity contribution in [3.63, 3.8) is 0 Å². The van der Waals surface area contributed by atoms with Crippen LogP contribution in [-0.4, -0.2) is 25.7 Å². The van der Waals surface area contributed by atoms with Crippen molar-refractivity contribution in [3.05, 3.63) is 22.2 Å². The van der Waals surface area contributed by atoms with Crippen LogP contribution in [0.1, 0.15) is 19.4 Å². The second-order valence-corrected chi connectivity index (χ2v) is 5.08. The van der Waals surface area contributed by atoms with Crippen LogP contribution in [0, 0.1) is 0 Å². The molecule has 1 unspecified atom stereocenters. The lowest BCUT2D eigenvalue weighted by molar-refractivity contribution is 0.0796. The Kier molecular flexibility index (Phi) is 6.51. The summed E-state index contributed by atoms with van der Waals surface area (Å²) >= 11 is 3.32. The van der Waals surface area contributed by atoms with Gasteiger partial charge >= 0.3 is 0 Å². The van der Waals surface area contributed by atoms with Crippen molar-refractivity contribution in [2.75, 3.05) is 13.2 Å². The summed E-state index contributed by atoms with van der Waals surface area (Å²) in [6.07, 6.45) is -1.85. The van der Waals surface area contributed by atoms with Crippen molar-refractivity contribution in [1.29, 1.82) is 0 Å². The van der Waals surface area contributed by atoms with Crippen molar-refractivity contribution in [2.45, 2.75) is 32.7 Å². The average Bonchev–Trinajstić information content (AvgIpc) is 2.26. The van der Waals surface area contributed by atoms with E-state index in [-0.39, 0.29) is 6.04 Å². The molecule has 0 aliphatic heterocycles. The fourth-order valence-corrected chi connectivity index (χ4v) is 2.26. The number of halogens is 3. The second-order valence-electron chi connectivity index (χ2n) is 4.22. The molecule has 0 bridgehead atoms. The van der Waals surface area contributed by atoms with E-state index in [9.17, 15) is 8.78 Å². The maximum absolute atomic E-state index is 12.2. The van der Waals surface area contributed by atoms with Gasteiger partial charge in [-0.2, -0.15) is 0 Å². The van der Waals surface area contributed by atoms with Gasteiger partial charge in [0.05, 0.1) is 11.1 Å². The standard InChI is InChI=1S/C13H18BrF2NO2/c1-3-18-11-6-9(4-8(2)17)5-10(14)13(11)19-7-12(15)16/h5-6,8,12H,3-4,7,17H2,1-2H3. The first-order chi connectivity index (χ1) is 8.93. The van der Waals surface area contributed by atoms with E-state index in [1.165, 1.54) is 0 Å². The molecule has 1 rings (SSSR count). The minimum Gasteiger partial charge on any atom is -0.490 e. The molecule has 0 aliphatic rings. The molecule has 6 heteroatoms. The number of alkyl halides is 2. The zero-order chi connectivity index (χ0) is 14.4. The Morgan fingerprint density at radius 2 is 2.00 bits per heavy atom. The topological polar surface area (TPSA) is 44.5 Å². The Hall–Kier alpha value is -0.880. The molecule has 108 valence electrons. The van der Waals surface area contributed by atoms with Crippen LogP contribution in [0.4, 0.5) is 8.78 Å². The Morgan fingerprint density at radius 1 is 1.32 bits per heavy atom. The number of benzene rings is 1. The normalized spacial score (nSPS) is 12.6. The number of hydrogen-bond donors (Lipinski definition) is 1. The van der Waals surface area contributed by atoms with E-state index in [0.717, 1.165) is 5.56 Å². The molecule has 2 N–H and O–H groups in total. The predicted molar refractivity (Wildman–Crippen MR) is 74.2 cm³/mol. The Morgan fingerprint density at radius 3 is 2.53 bits per heavy atom. The van der Waals surface area contributed by atoms with Crippen LogP contribution in [0.15, 0.2) is 16.6 Å². The smallest absolute Gasteiger partial charge is 0.272 e. The first-order valence-corrected chi connectivity index (χ1v) is 6.85. The lowest BCUT2D eigenvalue weighted by Crippen LogP contribution is -2.18. The number of nitrogens with two attached hydrogens (primary N) is 1. The van der Waals surface area contributed by atoms with Crippen LogP contribution in [0.25, 0.3) is 0 Å². The fraction of sp³-hybridized carbons (Fsp3) is 0.538. The third-order valence-electron chi connectivity index (χ3n) is 2.28. The number of hydrogen-bond acceptors (Lipinski definition) is 3. The summed E-state index contributed by atoms with van der Waals surface area (Å²) in [5.74, 6) is 0.753. The van der Waals surface area contributed by atoms with E-state index in [4.69, 9.17) is 15.2 Å². The summed E-state index contributed by atoms with van der Waals surface area (Å²) < 4.78 is 35.6. The van der Waals surface area contributed by atoms with Crippen molar-refractivity contribution >= 4 is 15.9 Å². The van der Waals surface area contributed by atoms with E-state index in [1.54, 1.807) is 6.07 Å². The molecule has 1 aromatic carbocycles. The summed E-state index contributed by atoms with van der Waals surface area (Å²) in [6.45, 7) is 3.49. The van der Waals surface area contributed by atoms with E-state index in [0.29, 0.717) is 29.0 Å². The van der Waals surface area contributed by atoms with E-state index >= 15 is 0 Å². The molecule has 0 spiro atoms. The zero-order valence-electron chi connectivity index (χ0n) is 11.0. The lowest BCUT2D eigenvalue weighted by atomic mass is 10.1. The zero-order valence-corrected chi connectivity index (χ0v) is 12.5. The van der Waals surface area contributed by atoms with E-state index in [2.05, 4.69) is 15.9 Å². The van der Waals surface area contributed by atoms with Crippen molar-refractivity contribution in [1.82, 2.24) is 0 Å². The molecule has 0 aromatic heterocycles. The molecule has 19 heavy (non-hydrogen) atoms. The molecule has 0 amide bonds. The van der Waals surface area contributed by atoms with Gasteiger partial charge in [0.2, 0.25) is 0 Å². The number of rotatable bonds is 7. The summed E-state index contributed by atoms with van der Waals surface area (Å²) in [5.41, 5.74) is 6.72. The van der Waals surface area contributed by atoms with Gasteiger partial charge in [-0.15, -0.1) is 0 Å². The summed E-state index contributed by atoms with van der Waals surface area (Å²) in [7, 11) is 0. The molecule has 3 nitrogen and oxygen atoms in total. The summed E-state index contributed by atoms with van der Waals surface area (Å²) in [5, 5.41) is 0. The van der Waals surface area contributed by atoms with Crippen LogP contribution in [0.2, 0.25) is 0 Å². The first-order valence-electron chi connectivity index (χ1n) is 6.05. The molecule has 0 radical (unpaired) electrons. The highest BCUT2D eigenvalue weighted by Gasteiger charge is 2.15. The molecule has 0 saturated heterocycles. The van der Waals surface area contributed by atoms with Gasteiger partial charge in [-0.3, -0.25) is 0 Å². The summed E-state index contributed by atoms with van der Waals surface area (Å²) in [6, 6.07) is 3.60. The van der Waals surface area contributed by atoms with Gasteiger partial charge in [-0.05, 0) is 53.9 Å². The van der Waals surface area contributed by atoms with Crippen LogP contribution in [-0.2, 0) is 6.42 Å². The van der Waals surface area contributed by atoms with Gasteiger partial charge < -0.3 is 15.2 Å². The van der Waals surface area contributed by atoms with Gasteiger partial charge in [-0.25, -0.2) is 8.78 Å². The average molecular weight is 338 g/mol. The maximum Gasteiger partial charge on any atom is 0.272 e. The largest absolute Gasteiger partial charge is 0.490 e. The number of ether oxygens (including phenoxy) is 2. The molecule has 0 fully saturated rings. The third kappa shape index (κ3) is 5.32. The van der Waals surface area contributed by atoms with Gasteiger partial charge in [0.1, 0.15) is 6.61 Å². The van der Waals surface area contributed by atoms with Crippen LogP contribution in [0.5, 0.6) is 11.5 Å². The quantitative estimate of drug-likeness (QED) is 0.829. The molecule has 1 aromatic rings. The molecule has 0 saturated carbocycles. The van der Waals surface area contributed by atoms with Crippen molar-refractivity contribution in [3.8, 4) is 11.5 Å². The van der Waals surface area contributed by atoms with Crippen molar-refractivity contribution in [2.24, 2.45) is 5.73 Å². The maximum atomic E-state index is 12.2. The van der Waals surface area contributed by atoms with Crippen LogP contribution in [0.3, 0.4) is 0 Å². The minimum atomic E-state index is -2.52. The van der Waals surface area contributed by atoms with Gasteiger partial charge in [0.25, 0.3) is 6.43 Å². The van der Waals surface area contributed by atoms with Crippen LogP contribution >= 0.6 is 15.9 Å². The second kappa shape index (κ2) is 7.65. The highest BCUT2D eigenvalue weighted by Crippen LogP contribution is 2.37. The molecule has 1 atom stereocenters. The Bertz CT molecular complexity index is 414. The van der Waals surface area contributed by atoms with Crippen LogP contribution < -0.4 is 15.2 Å². The molecule has 0 aliphatic carbocycles.